The fourth-order valence-corrected chi connectivity index (χ4v) is 3.18. The van der Waals surface area contributed by atoms with Crippen LogP contribution >= 0.6 is 0 Å². The molecule has 0 aliphatic carbocycles. The third kappa shape index (κ3) is 5.34. The number of fused-ring (bicyclic) bond motifs is 2. The fourth-order valence-electron chi connectivity index (χ4n) is 3.18. The Morgan fingerprint density at radius 2 is 1.09 bits per heavy atom. The van der Waals surface area contributed by atoms with E-state index in [2.05, 4.69) is 63.9 Å². The van der Waals surface area contributed by atoms with E-state index in [1.165, 1.54) is 10.8 Å². The first kappa shape index (κ1) is 20.8. The molecule has 0 atom stereocenters. The summed E-state index contributed by atoms with van der Waals surface area (Å²) in [6.45, 7) is 0. The predicted octanol–water partition coefficient (Wildman–Crippen LogP) is 6.10. The fraction of sp³-hybridized carbons (Fsp3) is 0. The van der Waals surface area contributed by atoms with Gasteiger partial charge in [-0.25, -0.2) is 4.79 Å². The first-order valence-corrected chi connectivity index (χ1v) is 10.1. The molecule has 1 N–H and O–H groups in total. The third-order valence-electron chi connectivity index (χ3n) is 4.72. The van der Waals surface area contributed by atoms with E-state index in [-0.39, 0.29) is 5.63 Å². The number of benzene rings is 4. The van der Waals surface area contributed by atoms with Crippen molar-refractivity contribution in [3.05, 3.63) is 132 Å². The molecule has 5 heteroatoms. The average Bonchev–Trinajstić information content (AvgIpc) is 3.45. The normalized spacial score (nSPS) is 10.0. The van der Waals surface area contributed by atoms with Crippen LogP contribution in [0.2, 0.25) is 0 Å². The number of hydrogen-bond acceptors (Lipinski definition) is 4. The summed E-state index contributed by atoms with van der Waals surface area (Å²) in [5, 5.41) is 12.9. The Bertz CT molecular complexity index is 1360. The Hall–Kier alpha value is -4.51. The van der Waals surface area contributed by atoms with Crippen LogP contribution in [0.3, 0.4) is 0 Å². The Morgan fingerprint density at radius 3 is 1.62 bits per heavy atom. The maximum Gasteiger partial charge on any atom is 0.344 e. The van der Waals surface area contributed by atoms with Crippen molar-refractivity contribution < 1.29 is 4.42 Å². The Kier molecular flexibility index (Phi) is 6.81. The highest BCUT2D eigenvalue weighted by atomic mass is 16.4. The molecule has 0 saturated carbocycles. The van der Waals surface area contributed by atoms with E-state index in [4.69, 9.17) is 4.42 Å². The van der Waals surface area contributed by atoms with Crippen molar-refractivity contribution in [2.45, 2.75) is 0 Å². The minimum absolute atomic E-state index is 0.296. The van der Waals surface area contributed by atoms with E-state index in [1.807, 2.05) is 54.6 Å². The van der Waals surface area contributed by atoms with Crippen molar-refractivity contribution >= 4 is 21.7 Å². The standard InChI is InChI=1S/C15H10O2.C10H8.C2H3N3/c16-15-13(11-6-2-1-3-7-11)10-12-8-4-5-9-14(12)17-15;1-2-6-10-8-4-3-7-9(10)5-1;1-2-4-5-3-1/h1-10H;1-8H;1-2H,(H,3,4,5). The van der Waals surface area contributed by atoms with Crippen LogP contribution in [0.1, 0.15) is 0 Å². The van der Waals surface area contributed by atoms with E-state index >= 15 is 0 Å². The second-order valence-electron chi connectivity index (χ2n) is 6.85. The van der Waals surface area contributed by atoms with Crippen LogP contribution in [-0.2, 0) is 0 Å². The Balaban J connectivity index is 0.000000137. The lowest BCUT2D eigenvalue weighted by Gasteiger charge is -2.01. The number of nitrogens with one attached hydrogen (secondary N) is 1. The van der Waals surface area contributed by atoms with E-state index in [0.29, 0.717) is 11.1 Å². The van der Waals surface area contributed by atoms with E-state index < -0.39 is 0 Å². The smallest absolute Gasteiger partial charge is 0.344 e. The average molecular weight is 419 g/mol. The first-order valence-electron chi connectivity index (χ1n) is 10.1. The van der Waals surface area contributed by atoms with Crippen molar-refractivity contribution in [3.8, 4) is 11.1 Å². The van der Waals surface area contributed by atoms with Gasteiger partial charge in [-0.2, -0.15) is 15.4 Å². The van der Waals surface area contributed by atoms with Gasteiger partial charge in [-0.15, -0.1) is 0 Å². The highest BCUT2D eigenvalue weighted by Crippen LogP contribution is 2.20. The highest BCUT2D eigenvalue weighted by Gasteiger charge is 2.06. The van der Waals surface area contributed by atoms with Crippen LogP contribution in [0.15, 0.2) is 131 Å². The van der Waals surface area contributed by atoms with Crippen LogP contribution < -0.4 is 5.63 Å². The van der Waals surface area contributed by atoms with Crippen LogP contribution in [0.4, 0.5) is 0 Å². The van der Waals surface area contributed by atoms with Crippen molar-refractivity contribution in [3.63, 3.8) is 0 Å². The molecule has 2 heterocycles. The second-order valence-corrected chi connectivity index (χ2v) is 6.85. The van der Waals surface area contributed by atoms with Gasteiger partial charge in [0.05, 0.1) is 18.0 Å². The molecular formula is C27H21N3O2. The molecule has 0 unspecified atom stereocenters. The van der Waals surface area contributed by atoms with Gasteiger partial charge in [0.25, 0.3) is 0 Å². The monoisotopic (exact) mass is 419 g/mol. The highest BCUT2D eigenvalue weighted by molar-refractivity contribution is 5.82. The van der Waals surface area contributed by atoms with Gasteiger partial charge in [0.1, 0.15) is 5.58 Å². The lowest BCUT2D eigenvalue weighted by Crippen LogP contribution is -2.02. The van der Waals surface area contributed by atoms with Crippen molar-refractivity contribution in [1.29, 1.82) is 0 Å². The molecule has 32 heavy (non-hydrogen) atoms. The molecule has 0 bridgehead atoms. The molecule has 0 aliphatic heterocycles. The molecule has 6 rings (SSSR count). The molecule has 4 aromatic carbocycles. The van der Waals surface area contributed by atoms with E-state index in [1.54, 1.807) is 18.5 Å². The number of aromatic amines is 1. The van der Waals surface area contributed by atoms with E-state index in [0.717, 1.165) is 10.9 Å². The lowest BCUT2D eigenvalue weighted by molar-refractivity contribution is 0.563. The number of para-hydroxylation sites is 1. The van der Waals surface area contributed by atoms with Gasteiger partial charge in [0, 0.05) is 5.39 Å². The van der Waals surface area contributed by atoms with Gasteiger partial charge in [0.15, 0.2) is 0 Å². The molecule has 0 fully saturated rings. The summed E-state index contributed by atoms with van der Waals surface area (Å²) in [6.07, 6.45) is 3.17. The molecule has 5 nitrogen and oxygen atoms in total. The summed E-state index contributed by atoms with van der Waals surface area (Å²) in [5.74, 6) is 0. The number of rotatable bonds is 1. The lowest BCUT2D eigenvalue weighted by atomic mass is 10.1. The molecule has 2 aromatic heterocycles. The van der Waals surface area contributed by atoms with Crippen LogP contribution in [0.5, 0.6) is 0 Å². The van der Waals surface area contributed by atoms with Crippen molar-refractivity contribution in [2.75, 3.05) is 0 Å². The number of nitrogens with zero attached hydrogens (tertiary/aromatic N) is 2. The third-order valence-corrected chi connectivity index (χ3v) is 4.72. The zero-order chi connectivity index (χ0) is 22.0. The molecule has 6 aromatic rings. The minimum Gasteiger partial charge on any atom is -0.422 e. The van der Waals surface area contributed by atoms with Crippen LogP contribution in [0.25, 0.3) is 32.9 Å². The van der Waals surface area contributed by atoms with Crippen molar-refractivity contribution in [2.24, 2.45) is 0 Å². The van der Waals surface area contributed by atoms with Gasteiger partial charge < -0.3 is 4.42 Å². The summed E-state index contributed by atoms with van der Waals surface area (Å²) >= 11 is 0. The van der Waals surface area contributed by atoms with Crippen LogP contribution in [0, 0.1) is 0 Å². The summed E-state index contributed by atoms with van der Waals surface area (Å²) in [5.41, 5.74) is 1.81. The summed E-state index contributed by atoms with van der Waals surface area (Å²) in [4.78, 5) is 11.9. The van der Waals surface area contributed by atoms with Gasteiger partial charge in [-0.05, 0) is 28.5 Å². The molecule has 0 saturated heterocycles. The molecule has 0 spiro atoms. The topological polar surface area (TPSA) is 71.8 Å². The summed E-state index contributed by atoms with van der Waals surface area (Å²) < 4.78 is 5.29. The number of aromatic nitrogens is 3. The summed E-state index contributed by atoms with van der Waals surface area (Å²) in [6, 6.07) is 35.6. The zero-order valence-electron chi connectivity index (χ0n) is 17.3. The largest absolute Gasteiger partial charge is 0.422 e. The summed E-state index contributed by atoms with van der Waals surface area (Å²) in [7, 11) is 0. The quantitative estimate of drug-likeness (QED) is 0.327. The van der Waals surface area contributed by atoms with Gasteiger partial charge >= 0.3 is 5.63 Å². The molecule has 0 aliphatic rings. The number of H-pyrrole nitrogens is 1. The second kappa shape index (κ2) is 10.5. The number of hydrogen-bond donors (Lipinski definition) is 1. The zero-order valence-corrected chi connectivity index (χ0v) is 17.3. The maximum atomic E-state index is 11.9. The van der Waals surface area contributed by atoms with Crippen LogP contribution in [-0.4, -0.2) is 15.4 Å². The SMILES string of the molecule is O=c1oc2ccccc2cc1-c1ccccc1.c1ccc2ccccc2c1.c1cn[nH]n1. The first-order chi connectivity index (χ1) is 15.8. The maximum absolute atomic E-state index is 11.9. The van der Waals surface area contributed by atoms with Gasteiger partial charge in [-0.3, -0.25) is 0 Å². The molecule has 0 radical (unpaired) electrons. The van der Waals surface area contributed by atoms with E-state index in [9.17, 15) is 4.79 Å². The van der Waals surface area contributed by atoms with Gasteiger partial charge in [0.2, 0.25) is 0 Å². The molecular weight excluding hydrogens is 398 g/mol. The van der Waals surface area contributed by atoms with Crippen molar-refractivity contribution in [1.82, 2.24) is 15.4 Å². The molecule has 156 valence electrons. The van der Waals surface area contributed by atoms with Gasteiger partial charge in [-0.1, -0.05) is 97.1 Å². The Morgan fingerprint density at radius 1 is 0.594 bits per heavy atom. The predicted molar refractivity (Wildman–Crippen MR) is 128 cm³/mol. The molecule has 0 amide bonds. The minimum atomic E-state index is -0.296. The Labute approximate surface area is 185 Å².